The maximum Gasteiger partial charge on any atom is 0.309 e. The largest absolute Gasteiger partial charge is 0.466 e. The van der Waals surface area contributed by atoms with Crippen molar-refractivity contribution >= 4 is 16.0 Å². The Bertz CT molecular complexity index is 586. The maximum absolute atomic E-state index is 13.4. The summed E-state index contributed by atoms with van der Waals surface area (Å²) in [6, 6.07) is 3.65. The average Bonchev–Trinajstić information content (AvgIpc) is 2.39. The van der Waals surface area contributed by atoms with Crippen molar-refractivity contribution in [1.29, 1.82) is 0 Å². The molecule has 0 fully saturated rings. The number of esters is 1. The normalized spacial score (nSPS) is 13.0. The van der Waals surface area contributed by atoms with Gasteiger partial charge < -0.3 is 4.74 Å². The van der Waals surface area contributed by atoms with Crippen LogP contribution >= 0.6 is 0 Å². The van der Waals surface area contributed by atoms with E-state index in [-0.39, 0.29) is 18.0 Å². The van der Waals surface area contributed by atoms with Gasteiger partial charge >= 0.3 is 5.97 Å². The summed E-state index contributed by atoms with van der Waals surface area (Å²) in [6.45, 7) is 4.90. The van der Waals surface area contributed by atoms with Crippen LogP contribution in [0.15, 0.2) is 23.1 Å². The summed E-state index contributed by atoms with van der Waals surface area (Å²) in [6.07, 6.45) is 0. The molecule has 20 heavy (non-hydrogen) atoms. The third kappa shape index (κ3) is 4.28. The number of sulfonamides is 1. The molecular formula is C13H18FNO4S. The zero-order valence-corrected chi connectivity index (χ0v) is 12.5. The van der Waals surface area contributed by atoms with Crippen molar-refractivity contribution < 1.29 is 22.3 Å². The lowest BCUT2D eigenvalue weighted by Crippen LogP contribution is -2.32. The van der Waals surface area contributed by atoms with E-state index in [0.717, 1.165) is 6.07 Å². The smallest absolute Gasteiger partial charge is 0.309 e. The Hall–Kier alpha value is -1.47. The number of halogens is 1. The van der Waals surface area contributed by atoms with Crippen molar-refractivity contribution in [2.24, 2.45) is 5.92 Å². The second-order valence-electron chi connectivity index (χ2n) is 4.42. The van der Waals surface area contributed by atoms with Crippen LogP contribution in [0.2, 0.25) is 0 Å². The minimum absolute atomic E-state index is 0.101. The van der Waals surface area contributed by atoms with Gasteiger partial charge in [0.2, 0.25) is 10.0 Å². The Morgan fingerprint density at radius 1 is 1.45 bits per heavy atom. The van der Waals surface area contributed by atoms with Crippen molar-refractivity contribution in [3.63, 3.8) is 0 Å². The van der Waals surface area contributed by atoms with Gasteiger partial charge in [-0.05, 0) is 31.5 Å². The number of benzene rings is 1. The summed E-state index contributed by atoms with van der Waals surface area (Å²) in [7, 11) is -3.84. The molecule has 1 aromatic rings. The number of aryl methyl sites for hydroxylation is 1. The van der Waals surface area contributed by atoms with E-state index in [1.165, 1.54) is 12.1 Å². The molecular weight excluding hydrogens is 285 g/mol. The van der Waals surface area contributed by atoms with E-state index in [1.54, 1.807) is 20.8 Å². The van der Waals surface area contributed by atoms with Gasteiger partial charge in [0.05, 0.1) is 17.4 Å². The Balaban J connectivity index is 2.75. The zero-order chi connectivity index (χ0) is 15.3. The molecule has 7 heteroatoms. The Morgan fingerprint density at radius 3 is 2.65 bits per heavy atom. The summed E-state index contributed by atoms with van der Waals surface area (Å²) in [5.41, 5.74) is 0.365. The van der Waals surface area contributed by atoms with Gasteiger partial charge in [-0.15, -0.1) is 0 Å². The van der Waals surface area contributed by atoms with Crippen LogP contribution in [0.25, 0.3) is 0 Å². The highest BCUT2D eigenvalue weighted by Gasteiger charge is 2.20. The monoisotopic (exact) mass is 303 g/mol. The van der Waals surface area contributed by atoms with Crippen LogP contribution in [0.1, 0.15) is 19.4 Å². The first-order valence-electron chi connectivity index (χ1n) is 6.20. The third-order valence-corrected chi connectivity index (χ3v) is 4.14. The maximum atomic E-state index is 13.4. The standard InChI is InChI=1S/C13H18FNO4S/c1-4-19-13(16)10(3)8-15-20(17,18)11-6-5-9(2)12(14)7-11/h5-7,10,15H,4,8H2,1-3H3/t10-/m0/s1. The van der Waals surface area contributed by atoms with E-state index in [9.17, 15) is 17.6 Å². The number of carbonyl (C=O) groups is 1. The van der Waals surface area contributed by atoms with Gasteiger partial charge in [0.1, 0.15) is 5.82 Å². The molecule has 0 bridgehead atoms. The van der Waals surface area contributed by atoms with Crippen molar-refractivity contribution in [3.8, 4) is 0 Å². The first-order valence-corrected chi connectivity index (χ1v) is 7.68. The van der Waals surface area contributed by atoms with Crippen LogP contribution in [0.4, 0.5) is 4.39 Å². The van der Waals surface area contributed by atoms with Gasteiger partial charge in [-0.2, -0.15) is 0 Å². The zero-order valence-electron chi connectivity index (χ0n) is 11.6. The lowest BCUT2D eigenvalue weighted by atomic mass is 10.2. The fraction of sp³-hybridized carbons (Fsp3) is 0.462. The second-order valence-corrected chi connectivity index (χ2v) is 6.18. The van der Waals surface area contributed by atoms with E-state index < -0.39 is 27.7 Å². The lowest BCUT2D eigenvalue weighted by molar-refractivity contribution is -0.147. The number of ether oxygens (including phenoxy) is 1. The molecule has 0 aliphatic rings. The number of rotatable bonds is 6. The minimum atomic E-state index is -3.84. The van der Waals surface area contributed by atoms with E-state index >= 15 is 0 Å². The molecule has 1 rings (SSSR count). The SMILES string of the molecule is CCOC(=O)[C@@H](C)CNS(=O)(=O)c1ccc(C)c(F)c1. The predicted octanol–water partition coefficient (Wildman–Crippen LogP) is 1.61. The van der Waals surface area contributed by atoms with Gasteiger partial charge in [-0.1, -0.05) is 13.0 Å². The molecule has 0 unspecified atom stereocenters. The van der Waals surface area contributed by atoms with Gasteiger partial charge in [-0.3, -0.25) is 4.79 Å². The molecule has 0 heterocycles. The second kappa shape index (κ2) is 6.81. The molecule has 5 nitrogen and oxygen atoms in total. The summed E-state index contributed by atoms with van der Waals surface area (Å²) in [5.74, 6) is -1.68. The molecule has 0 amide bonds. The molecule has 0 aliphatic carbocycles. The summed E-state index contributed by atoms with van der Waals surface area (Å²) in [5, 5.41) is 0. The highest BCUT2D eigenvalue weighted by molar-refractivity contribution is 7.89. The number of nitrogens with one attached hydrogen (secondary N) is 1. The number of carbonyl (C=O) groups excluding carboxylic acids is 1. The van der Waals surface area contributed by atoms with Crippen LogP contribution in [-0.2, 0) is 19.6 Å². The topological polar surface area (TPSA) is 72.5 Å². The summed E-state index contributed by atoms with van der Waals surface area (Å²) >= 11 is 0. The van der Waals surface area contributed by atoms with E-state index in [2.05, 4.69) is 4.72 Å². The van der Waals surface area contributed by atoms with Crippen molar-refractivity contribution in [3.05, 3.63) is 29.6 Å². The molecule has 112 valence electrons. The Kier molecular flexibility index (Phi) is 5.64. The fourth-order valence-electron chi connectivity index (χ4n) is 1.43. The van der Waals surface area contributed by atoms with Crippen LogP contribution in [0, 0.1) is 18.7 Å². The molecule has 1 atom stereocenters. The molecule has 0 aromatic heterocycles. The molecule has 0 saturated carbocycles. The molecule has 0 saturated heterocycles. The minimum Gasteiger partial charge on any atom is -0.466 e. The highest BCUT2D eigenvalue weighted by Crippen LogP contribution is 2.14. The van der Waals surface area contributed by atoms with Crippen LogP contribution < -0.4 is 4.72 Å². The van der Waals surface area contributed by atoms with E-state index in [4.69, 9.17) is 4.74 Å². The number of hydrogen-bond donors (Lipinski definition) is 1. The van der Waals surface area contributed by atoms with E-state index in [1.807, 2.05) is 0 Å². The van der Waals surface area contributed by atoms with Gasteiger partial charge in [0.15, 0.2) is 0 Å². The predicted molar refractivity (Wildman–Crippen MR) is 72.1 cm³/mol. The molecule has 1 aromatic carbocycles. The Labute approximate surface area is 118 Å². The molecule has 1 N–H and O–H groups in total. The number of hydrogen-bond acceptors (Lipinski definition) is 4. The van der Waals surface area contributed by atoms with Gasteiger partial charge in [0.25, 0.3) is 0 Å². The molecule has 0 radical (unpaired) electrons. The first-order chi connectivity index (χ1) is 9.27. The lowest BCUT2D eigenvalue weighted by Gasteiger charge is -2.12. The summed E-state index contributed by atoms with van der Waals surface area (Å²) in [4.78, 5) is 11.2. The first kappa shape index (κ1) is 16.6. The van der Waals surface area contributed by atoms with Crippen LogP contribution in [0.3, 0.4) is 0 Å². The average molecular weight is 303 g/mol. The van der Waals surface area contributed by atoms with Crippen LogP contribution in [0.5, 0.6) is 0 Å². The van der Waals surface area contributed by atoms with E-state index in [0.29, 0.717) is 5.56 Å². The summed E-state index contributed by atoms with van der Waals surface area (Å²) < 4.78 is 44.3. The quantitative estimate of drug-likeness (QED) is 0.810. The van der Waals surface area contributed by atoms with Gasteiger partial charge in [-0.25, -0.2) is 17.5 Å². The highest BCUT2D eigenvalue weighted by atomic mass is 32.2. The molecule has 0 spiro atoms. The van der Waals surface area contributed by atoms with Crippen molar-refractivity contribution in [2.45, 2.75) is 25.7 Å². The van der Waals surface area contributed by atoms with Crippen molar-refractivity contribution in [2.75, 3.05) is 13.2 Å². The molecule has 0 aliphatic heterocycles. The van der Waals surface area contributed by atoms with Crippen molar-refractivity contribution in [1.82, 2.24) is 4.72 Å². The van der Waals surface area contributed by atoms with Gasteiger partial charge in [0, 0.05) is 6.54 Å². The Morgan fingerprint density at radius 2 is 2.10 bits per heavy atom. The fourth-order valence-corrected chi connectivity index (χ4v) is 2.57. The third-order valence-electron chi connectivity index (χ3n) is 2.72. The van der Waals surface area contributed by atoms with Crippen LogP contribution in [-0.4, -0.2) is 27.5 Å².